The van der Waals surface area contributed by atoms with Gasteiger partial charge in [0.05, 0.1) is 4.90 Å². The molecule has 0 aliphatic heterocycles. The zero-order valence-electron chi connectivity index (χ0n) is 11.9. The van der Waals surface area contributed by atoms with E-state index in [4.69, 9.17) is 0 Å². The van der Waals surface area contributed by atoms with E-state index in [0.29, 0.717) is 17.6 Å². The second kappa shape index (κ2) is 7.89. The fourth-order valence-electron chi connectivity index (χ4n) is 1.79. The fourth-order valence-corrected chi connectivity index (χ4v) is 4.49. The normalized spacial score (nSPS) is 12.1. The molecule has 0 heterocycles. The number of hydrogen-bond acceptors (Lipinski definition) is 3. The predicted octanol–water partition coefficient (Wildman–Crippen LogP) is 3.14. The number of aryl methyl sites for hydroxylation is 1. The van der Waals surface area contributed by atoms with Crippen LogP contribution in [0.3, 0.4) is 0 Å². The van der Waals surface area contributed by atoms with Gasteiger partial charge in [-0.3, -0.25) is 0 Å². The molecule has 0 aliphatic carbocycles. The Labute approximate surface area is 138 Å². The van der Waals surface area contributed by atoms with Crippen LogP contribution in [0.1, 0.15) is 19.4 Å². The summed E-state index contributed by atoms with van der Waals surface area (Å²) in [5, 5.41) is 0. The van der Waals surface area contributed by atoms with Gasteiger partial charge in [-0.2, -0.15) is 0 Å². The monoisotopic (exact) mass is 426 g/mol. The van der Waals surface area contributed by atoms with E-state index < -0.39 is 10.0 Å². The fraction of sp³-hybridized carbons (Fsp3) is 0.538. The molecule has 0 spiro atoms. The SMILES string of the molecule is CCN(CC)CCNS(=O)(=O)c1cc(Br)c(C)cc1Br. The molecule has 20 heavy (non-hydrogen) atoms. The zero-order valence-corrected chi connectivity index (χ0v) is 15.9. The van der Waals surface area contributed by atoms with Crippen molar-refractivity contribution >= 4 is 41.9 Å². The van der Waals surface area contributed by atoms with E-state index in [0.717, 1.165) is 23.1 Å². The lowest BCUT2D eigenvalue weighted by molar-refractivity contribution is 0.309. The van der Waals surface area contributed by atoms with Crippen molar-refractivity contribution in [2.45, 2.75) is 25.7 Å². The Bertz CT molecular complexity index is 558. The highest BCUT2D eigenvalue weighted by Gasteiger charge is 2.18. The third kappa shape index (κ3) is 4.80. The van der Waals surface area contributed by atoms with Gasteiger partial charge in [0.25, 0.3) is 0 Å². The van der Waals surface area contributed by atoms with Crippen molar-refractivity contribution in [3.63, 3.8) is 0 Å². The smallest absolute Gasteiger partial charge is 0.241 e. The Balaban J connectivity index is 2.82. The molecule has 1 rings (SSSR count). The molecule has 0 saturated carbocycles. The average molecular weight is 428 g/mol. The summed E-state index contributed by atoms with van der Waals surface area (Å²) in [7, 11) is -3.50. The van der Waals surface area contributed by atoms with Crippen molar-refractivity contribution in [3.8, 4) is 0 Å². The van der Waals surface area contributed by atoms with Crippen LogP contribution in [0.25, 0.3) is 0 Å². The first-order chi connectivity index (χ1) is 9.31. The first kappa shape index (κ1) is 18.1. The highest BCUT2D eigenvalue weighted by molar-refractivity contribution is 9.11. The molecule has 4 nitrogen and oxygen atoms in total. The summed E-state index contributed by atoms with van der Waals surface area (Å²) in [6, 6.07) is 3.42. The molecule has 0 fully saturated rings. The van der Waals surface area contributed by atoms with Gasteiger partial charge in [-0.05, 0) is 53.6 Å². The van der Waals surface area contributed by atoms with Crippen molar-refractivity contribution in [1.29, 1.82) is 0 Å². The van der Waals surface area contributed by atoms with Gasteiger partial charge in [-0.15, -0.1) is 0 Å². The first-order valence-corrected chi connectivity index (χ1v) is 9.56. The van der Waals surface area contributed by atoms with Gasteiger partial charge < -0.3 is 4.90 Å². The van der Waals surface area contributed by atoms with Crippen LogP contribution < -0.4 is 4.72 Å². The summed E-state index contributed by atoms with van der Waals surface area (Å²) in [5.74, 6) is 0. The standard InChI is InChI=1S/C13H20Br2N2O2S/c1-4-17(5-2)7-6-16-20(18,19)13-9-11(14)10(3)8-12(13)15/h8-9,16H,4-7H2,1-3H3. The molecule has 114 valence electrons. The Morgan fingerprint density at radius 3 is 2.30 bits per heavy atom. The molecule has 0 saturated heterocycles. The van der Waals surface area contributed by atoms with Crippen LogP contribution in [-0.4, -0.2) is 39.5 Å². The molecular weight excluding hydrogens is 408 g/mol. The molecule has 1 aromatic carbocycles. The molecule has 0 bridgehead atoms. The van der Waals surface area contributed by atoms with Gasteiger partial charge >= 0.3 is 0 Å². The number of benzene rings is 1. The van der Waals surface area contributed by atoms with Crippen LogP contribution in [0.15, 0.2) is 26.0 Å². The minimum atomic E-state index is -3.50. The van der Waals surface area contributed by atoms with E-state index in [1.54, 1.807) is 12.1 Å². The zero-order chi connectivity index (χ0) is 15.3. The molecular formula is C13H20Br2N2O2S. The van der Waals surface area contributed by atoms with Crippen molar-refractivity contribution in [2.75, 3.05) is 26.2 Å². The molecule has 0 unspecified atom stereocenters. The minimum absolute atomic E-state index is 0.259. The molecule has 0 aliphatic rings. The number of nitrogens with one attached hydrogen (secondary N) is 1. The lowest BCUT2D eigenvalue weighted by Gasteiger charge is -2.18. The number of nitrogens with zero attached hydrogens (tertiary/aromatic N) is 1. The van der Waals surface area contributed by atoms with Gasteiger partial charge in [-0.25, -0.2) is 13.1 Å². The van der Waals surface area contributed by atoms with E-state index in [1.807, 2.05) is 6.92 Å². The van der Waals surface area contributed by atoms with Crippen molar-refractivity contribution in [3.05, 3.63) is 26.6 Å². The highest BCUT2D eigenvalue weighted by Crippen LogP contribution is 2.28. The maximum absolute atomic E-state index is 12.3. The maximum atomic E-state index is 12.3. The first-order valence-electron chi connectivity index (χ1n) is 6.49. The molecule has 0 atom stereocenters. The molecule has 1 aromatic rings. The summed E-state index contributed by atoms with van der Waals surface area (Å²) in [5.41, 5.74) is 0.985. The van der Waals surface area contributed by atoms with E-state index in [1.165, 1.54) is 0 Å². The van der Waals surface area contributed by atoms with Crippen molar-refractivity contribution < 1.29 is 8.42 Å². The van der Waals surface area contributed by atoms with Crippen LogP contribution in [0, 0.1) is 6.92 Å². The van der Waals surface area contributed by atoms with Crippen molar-refractivity contribution in [1.82, 2.24) is 9.62 Å². The lowest BCUT2D eigenvalue weighted by atomic mass is 10.2. The molecule has 7 heteroatoms. The molecule has 0 aromatic heterocycles. The Morgan fingerprint density at radius 1 is 1.15 bits per heavy atom. The maximum Gasteiger partial charge on any atom is 0.241 e. The molecule has 1 N–H and O–H groups in total. The summed E-state index contributed by atoms with van der Waals surface area (Å²) in [4.78, 5) is 2.43. The van der Waals surface area contributed by atoms with E-state index in [9.17, 15) is 8.42 Å². The van der Waals surface area contributed by atoms with Crippen LogP contribution >= 0.6 is 31.9 Å². The average Bonchev–Trinajstić information content (AvgIpc) is 2.38. The molecule has 0 amide bonds. The topological polar surface area (TPSA) is 49.4 Å². The highest BCUT2D eigenvalue weighted by atomic mass is 79.9. The quantitative estimate of drug-likeness (QED) is 0.727. The third-order valence-electron chi connectivity index (χ3n) is 3.12. The van der Waals surface area contributed by atoms with Crippen LogP contribution in [0.4, 0.5) is 0 Å². The van der Waals surface area contributed by atoms with Crippen molar-refractivity contribution in [2.24, 2.45) is 0 Å². The number of halogens is 2. The van der Waals surface area contributed by atoms with E-state index in [2.05, 4.69) is 55.3 Å². The largest absolute Gasteiger partial charge is 0.303 e. The Kier molecular flexibility index (Phi) is 7.14. The van der Waals surface area contributed by atoms with E-state index in [-0.39, 0.29) is 4.90 Å². The second-order valence-electron chi connectivity index (χ2n) is 4.46. The minimum Gasteiger partial charge on any atom is -0.303 e. The van der Waals surface area contributed by atoms with Crippen LogP contribution in [0.5, 0.6) is 0 Å². The summed E-state index contributed by atoms with van der Waals surface area (Å²) in [6.07, 6.45) is 0. The lowest BCUT2D eigenvalue weighted by Crippen LogP contribution is -2.34. The van der Waals surface area contributed by atoms with Gasteiger partial charge in [0.2, 0.25) is 10.0 Å². The van der Waals surface area contributed by atoms with Gasteiger partial charge in [0.1, 0.15) is 0 Å². The summed E-state index contributed by atoms with van der Waals surface area (Å²) in [6.45, 7) is 8.98. The van der Waals surface area contributed by atoms with Crippen LogP contribution in [-0.2, 0) is 10.0 Å². The number of sulfonamides is 1. The third-order valence-corrected chi connectivity index (χ3v) is 6.39. The molecule has 0 radical (unpaired) electrons. The van der Waals surface area contributed by atoms with E-state index >= 15 is 0 Å². The number of rotatable bonds is 7. The Morgan fingerprint density at radius 2 is 1.75 bits per heavy atom. The van der Waals surface area contributed by atoms with Crippen LogP contribution in [0.2, 0.25) is 0 Å². The van der Waals surface area contributed by atoms with Gasteiger partial charge in [0.15, 0.2) is 0 Å². The summed E-state index contributed by atoms with van der Waals surface area (Å²) >= 11 is 6.68. The number of likely N-dealkylation sites (N-methyl/N-ethyl adjacent to an activating group) is 1. The summed E-state index contributed by atoms with van der Waals surface area (Å²) < 4.78 is 28.6. The van der Waals surface area contributed by atoms with Gasteiger partial charge in [-0.1, -0.05) is 29.8 Å². The number of hydrogen-bond donors (Lipinski definition) is 1. The second-order valence-corrected chi connectivity index (χ2v) is 7.90. The Hall–Kier alpha value is 0.0500. The van der Waals surface area contributed by atoms with Gasteiger partial charge in [0, 0.05) is 22.0 Å². The predicted molar refractivity (Wildman–Crippen MR) is 89.6 cm³/mol.